The van der Waals surface area contributed by atoms with E-state index in [1.54, 1.807) is 0 Å². The normalized spacial score (nSPS) is 19.6. The Hall–Kier alpha value is -0.880. The average molecular weight is 241 g/mol. The largest absolute Gasteiger partial charge is 0.367 e. The van der Waals surface area contributed by atoms with Gasteiger partial charge in [0.2, 0.25) is 11.1 Å². The zero-order chi connectivity index (χ0) is 11.4. The van der Waals surface area contributed by atoms with Crippen LogP contribution >= 0.6 is 11.5 Å². The number of rotatable bonds is 4. The zero-order valence-corrected chi connectivity index (χ0v) is 10.5. The molecule has 5 nitrogen and oxygen atoms in total. The third-order valence-electron chi connectivity index (χ3n) is 2.79. The van der Waals surface area contributed by atoms with Gasteiger partial charge in [-0.15, -0.1) is 0 Å². The summed E-state index contributed by atoms with van der Waals surface area (Å²) >= 11 is 1.32. The van der Waals surface area contributed by atoms with E-state index in [0.717, 1.165) is 11.7 Å². The van der Waals surface area contributed by atoms with Gasteiger partial charge in [-0.25, -0.2) is 0 Å². The number of aromatic nitrogens is 2. The second-order valence-electron chi connectivity index (χ2n) is 4.36. The number of piperidine rings is 1. The van der Waals surface area contributed by atoms with Gasteiger partial charge in [0.1, 0.15) is 0 Å². The summed E-state index contributed by atoms with van der Waals surface area (Å²) in [4.78, 5) is 6.60. The molecule has 16 heavy (non-hydrogen) atoms. The molecule has 2 rings (SSSR count). The molecule has 1 aromatic heterocycles. The van der Waals surface area contributed by atoms with Gasteiger partial charge < -0.3 is 16.0 Å². The molecule has 1 aromatic rings. The first kappa shape index (κ1) is 11.6. The topological polar surface area (TPSA) is 67.1 Å². The molecule has 0 aliphatic carbocycles. The molecule has 1 saturated heterocycles. The maximum absolute atomic E-state index is 5.48. The van der Waals surface area contributed by atoms with Crippen molar-refractivity contribution in [2.75, 3.05) is 30.7 Å². The van der Waals surface area contributed by atoms with Crippen molar-refractivity contribution >= 4 is 22.6 Å². The van der Waals surface area contributed by atoms with Crippen molar-refractivity contribution in [1.82, 2.24) is 14.3 Å². The molecular weight excluding hydrogens is 222 g/mol. The first-order valence-corrected chi connectivity index (χ1v) is 6.59. The summed E-state index contributed by atoms with van der Waals surface area (Å²) in [5.41, 5.74) is 5.48. The number of nitrogen functional groups attached to an aromatic ring is 1. The minimum atomic E-state index is 0.359. The van der Waals surface area contributed by atoms with Gasteiger partial charge in [-0.3, -0.25) is 0 Å². The van der Waals surface area contributed by atoms with Crippen LogP contribution in [0.15, 0.2) is 0 Å². The van der Waals surface area contributed by atoms with Crippen molar-refractivity contribution in [2.24, 2.45) is 0 Å². The van der Waals surface area contributed by atoms with Crippen LogP contribution in [0.2, 0.25) is 0 Å². The highest BCUT2D eigenvalue weighted by molar-refractivity contribution is 7.09. The van der Waals surface area contributed by atoms with E-state index in [1.807, 2.05) is 0 Å². The lowest BCUT2D eigenvalue weighted by Gasteiger charge is -2.29. The van der Waals surface area contributed by atoms with E-state index in [-0.39, 0.29) is 0 Å². The Balaban J connectivity index is 1.77. The van der Waals surface area contributed by atoms with Crippen molar-refractivity contribution in [3.8, 4) is 0 Å². The Labute approximate surface area is 100 Å². The van der Waals surface area contributed by atoms with Crippen molar-refractivity contribution in [1.29, 1.82) is 0 Å². The lowest BCUT2D eigenvalue weighted by atomic mass is 10.1. The summed E-state index contributed by atoms with van der Waals surface area (Å²) in [5.74, 6) is 0.359. The number of nitrogens with two attached hydrogens (primary N) is 1. The molecule has 0 spiro atoms. The Morgan fingerprint density at radius 3 is 2.81 bits per heavy atom. The maximum atomic E-state index is 5.48. The first-order chi connectivity index (χ1) is 7.74. The fraction of sp³-hybridized carbons (Fsp3) is 0.800. The van der Waals surface area contributed by atoms with Gasteiger partial charge in [0.05, 0.1) is 0 Å². The highest BCUT2D eigenvalue weighted by atomic mass is 32.1. The standard InChI is InChI=1S/C10H19N5S/c1-8(7-15-5-3-2-4-6-15)12-10-13-9(11)14-16-10/h8H,2-7H2,1H3,(H3,11,12,13,14). The molecule has 1 fully saturated rings. The fourth-order valence-electron chi connectivity index (χ4n) is 2.08. The van der Waals surface area contributed by atoms with Crippen LogP contribution < -0.4 is 11.1 Å². The lowest BCUT2D eigenvalue weighted by Crippen LogP contribution is -2.38. The number of nitrogens with one attached hydrogen (secondary N) is 1. The fourth-order valence-corrected chi connectivity index (χ4v) is 2.69. The highest BCUT2D eigenvalue weighted by Crippen LogP contribution is 2.14. The summed E-state index contributed by atoms with van der Waals surface area (Å²) in [6.45, 7) is 5.69. The quantitative estimate of drug-likeness (QED) is 0.834. The molecule has 1 unspecified atom stereocenters. The molecule has 3 N–H and O–H groups in total. The van der Waals surface area contributed by atoms with Crippen LogP contribution in [0, 0.1) is 0 Å². The van der Waals surface area contributed by atoms with Gasteiger partial charge >= 0.3 is 0 Å². The first-order valence-electron chi connectivity index (χ1n) is 5.82. The molecule has 1 aliphatic heterocycles. The molecule has 1 atom stereocenters. The molecule has 0 bridgehead atoms. The molecule has 0 amide bonds. The van der Waals surface area contributed by atoms with Crippen LogP contribution in [-0.4, -0.2) is 39.9 Å². The van der Waals surface area contributed by atoms with E-state index >= 15 is 0 Å². The summed E-state index contributed by atoms with van der Waals surface area (Å²) in [7, 11) is 0. The third-order valence-corrected chi connectivity index (χ3v) is 3.45. The van der Waals surface area contributed by atoms with Crippen LogP contribution in [0.5, 0.6) is 0 Å². The number of hydrogen-bond acceptors (Lipinski definition) is 6. The van der Waals surface area contributed by atoms with Crippen molar-refractivity contribution < 1.29 is 0 Å². The number of likely N-dealkylation sites (tertiary alicyclic amines) is 1. The molecule has 6 heteroatoms. The van der Waals surface area contributed by atoms with Crippen LogP contribution in [0.1, 0.15) is 26.2 Å². The average Bonchev–Trinajstić information content (AvgIpc) is 2.65. The van der Waals surface area contributed by atoms with Crippen molar-refractivity contribution in [3.05, 3.63) is 0 Å². The van der Waals surface area contributed by atoms with Gasteiger partial charge in [-0.1, -0.05) is 6.42 Å². The van der Waals surface area contributed by atoms with Crippen LogP contribution in [-0.2, 0) is 0 Å². The summed E-state index contributed by atoms with van der Waals surface area (Å²) < 4.78 is 3.95. The van der Waals surface area contributed by atoms with Crippen molar-refractivity contribution in [2.45, 2.75) is 32.2 Å². The predicted molar refractivity (Wildman–Crippen MR) is 67.7 cm³/mol. The Morgan fingerprint density at radius 2 is 2.19 bits per heavy atom. The lowest BCUT2D eigenvalue weighted by molar-refractivity contribution is 0.223. The van der Waals surface area contributed by atoms with E-state index in [2.05, 4.69) is 26.5 Å². The van der Waals surface area contributed by atoms with Gasteiger partial charge in [-0.2, -0.15) is 9.36 Å². The number of nitrogens with zero attached hydrogens (tertiary/aromatic N) is 3. The van der Waals surface area contributed by atoms with Gasteiger partial charge in [0, 0.05) is 24.1 Å². The molecule has 90 valence electrons. The summed E-state index contributed by atoms with van der Waals surface area (Å²) in [6, 6.07) is 0.394. The maximum Gasteiger partial charge on any atom is 0.233 e. The molecule has 2 heterocycles. The molecule has 0 radical (unpaired) electrons. The Morgan fingerprint density at radius 1 is 1.44 bits per heavy atom. The second kappa shape index (κ2) is 5.45. The second-order valence-corrected chi connectivity index (χ2v) is 5.12. The molecule has 0 aromatic carbocycles. The van der Waals surface area contributed by atoms with Gasteiger partial charge in [-0.05, 0) is 32.9 Å². The molecular formula is C10H19N5S. The summed E-state index contributed by atoms with van der Waals surface area (Å²) in [6.07, 6.45) is 4.04. The minimum absolute atomic E-state index is 0.359. The minimum Gasteiger partial charge on any atom is -0.367 e. The van der Waals surface area contributed by atoms with Crippen LogP contribution in [0.3, 0.4) is 0 Å². The monoisotopic (exact) mass is 241 g/mol. The third kappa shape index (κ3) is 3.31. The van der Waals surface area contributed by atoms with Gasteiger partial charge in [0.25, 0.3) is 0 Å². The summed E-state index contributed by atoms with van der Waals surface area (Å²) in [5, 5.41) is 4.15. The Kier molecular flexibility index (Phi) is 3.95. The predicted octanol–water partition coefficient (Wildman–Crippen LogP) is 1.41. The van der Waals surface area contributed by atoms with E-state index in [0.29, 0.717) is 12.0 Å². The van der Waals surface area contributed by atoms with E-state index in [9.17, 15) is 0 Å². The number of anilines is 2. The number of hydrogen-bond donors (Lipinski definition) is 2. The van der Waals surface area contributed by atoms with Crippen LogP contribution in [0.25, 0.3) is 0 Å². The highest BCUT2D eigenvalue weighted by Gasteiger charge is 2.14. The SMILES string of the molecule is CC(CN1CCCCC1)Nc1nc(N)ns1. The molecule has 1 aliphatic rings. The smallest absolute Gasteiger partial charge is 0.233 e. The van der Waals surface area contributed by atoms with E-state index < -0.39 is 0 Å². The van der Waals surface area contributed by atoms with Crippen molar-refractivity contribution in [3.63, 3.8) is 0 Å². The Bertz CT molecular complexity index is 321. The zero-order valence-electron chi connectivity index (χ0n) is 9.65. The van der Waals surface area contributed by atoms with E-state index in [1.165, 1.54) is 43.9 Å². The molecule has 0 saturated carbocycles. The van der Waals surface area contributed by atoms with Crippen LogP contribution in [0.4, 0.5) is 11.1 Å². The van der Waals surface area contributed by atoms with E-state index in [4.69, 9.17) is 5.73 Å². The van der Waals surface area contributed by atoms with Gasteiger partial charge in [0.15, 0.2) is 0 Å².